The molecule has 0 fully saturated rings. The number of hydrogen-bond donors (Lipinski definition) is 1. The molecule has 1 heterocycles. The van der Waals surface area contributed by atoms with Crippen LogP contribution in [0.25, 0.3) is 0 Å². The molecule has 2 amide bonds. The minimum atomic E-state index is -4.18. The zero-order valence-electron chi connectivity index (χ0n) is 20.9. The van der Waals surface area contributed by atoms with Gasteiger partial charge in [0.05, 0.1) is 38.7 Å². The fraction of sp³-hybridized carbons (Fsp3) is 0.138. The van der Waals surface area contributed by atoms with Crippen molar-refractivity contribution in [1.82, 2.24) is 5.32 Å². The van der Waals surface area contributed by atoms with Crippen LogP contribution in [0, 0.1) is 11.3 Å². The number of carbonyl (C=O) groups excluding carboxylic acids is 2. The predicted molar refractivity (Wildman–Crippen MR) is 142 cm³/mol. The molecule has 10 heteroatoms. The summed E-state index contributed by atoms with van der Waals surface area (Å²) in [5, 5.41) is 12.2. The topological polar surface area (TPSA) is 117 Å². The summed E-state index contributed by atoms with van der Waals surface area (Å²) in [4.78, 5) is 27.7. The highest BCUT2D eigenvalue weighted by atomic mass is 32.2. The van der Waals surface area contributed by atoms with Crippen LogP contribution in [0.2, 0.25) is 0 Å². The lowest BCUT2D eigenvalue weighted by Crippen LogP contribution is -2.48. The van der Waals surface area contributed by atoms with Crippen LogP contribution in [-0.2, 0) is 26.0 Å². The number of amides is 2. The Labute approximate surface area is 225 Å². The molecule has 4 rings (SSSR count). The van der Waals surface area contributed by atoms with Gasteiger partial charge >= 0.3 is 12.0 Å². The Balaban J connectivity index is 1.95. The number of urea groups is 1. The van der Waals surface area contributed by atoms with Gasteiger partial charge in [-0.15, -0.1) is 0 Å². The van der Waals surface area contributed by atoms with Crippen LogP contribution in [-0.4, -0.2) is 27.0 Å². The number of allylic oxidation sites excluding steroid dienone is 1. The molecule has 3 aromatic carbocycles. The average molecular weight is 546 g/mol. The second kappa shape index (κ2) is 11.3. The lowest BCUT2D eigenvalue weighted by molar-refractivity contribution is -0.138. The Bertz CT molecular complexity index is 1630. The maximum Gasteiger partial charge on any atom is 0.338 e. The maximum absolute atomic E-state index is 13.7. The Morgan fingerprint density at radius 3 is 2.56 bits per heavy atom. The minimum Gasteiger partial charge on any atom is -0.458 e. The Morgan fingerprint density at radius 2 is 1.90 bits per heavy atom. The normalized spacial score (nSPS) is 15.4. The van der Waals surface area contributed by atoms with Crippen molar-refractivity contribution >= 4 is 27.5 Å². The number of nitriles is 1. The van der Waals surface area contributed by atoms with Crippen molar-refractivity contribution in [2.45, 2.75) is 29.4 Å². The number of rotatable bonds is 8. The molecule has 0 aliphatic carbocycles. The van der Waals surface area contributed by atoms with Crippen LogP contribution in [0.15, 0.2) is 107 Å². The first-order chi connectivity index (χ1) is 18.7. The number of halogens is 1. The highest BCUT2D eigenvalue weighted by molar-refractivity contribution is 7.91. The van der Waals surface area contributed by atoms with E-state index in [-0.39, 0.29) is 38.8 Å². The number of alkyl halides is 1. The van der Waals surface area contributed by atoms with Crippen molar-refractivity contribution in [2.24, 2.45) is 0 Å². The third-order valence-corrected chi connectivity index (χ3v) is 7.98. The Morgan fingerprint density at radius 1 is 1.15 bits per heavy atom. The molecule has 8 nitrogen and oxygen atoms in total. The van der Waals surface area contributed by atoms with Gasteiger partial charge in [0, 0.05) is 5.70 Å². The van der Waals surface area contributed by atoms with Gasteiger partial charge in [0.25, 0.3) is 0 Å². The number of sulfone groups is 1. The summed E-state index contributed by atoms with van der Waals surface area (Å²) >= 11 is 0. The van der Waals surface area contributed by atoms with Crippen LogP contribution >= 0.6 is 0 Å². The number of carbonyl (C=O) groups is 2. The average Bonchev–Trinajstić information content (AvgIpc) is 2.95. The third-order valence-electron chi connectivity index (χ3n) is 6.16. The number of ether oxygens (including phenoxy) is 1. The molecular formula is C29H24FN3O5S. The van der Waals surface area contributed by atoms with E-state index in [1.807, 2.05) is 6.07 Å². The van der Waals surface area contributed by atoms with E-state index in [9.17, 15) is 27.7 Å². The first kappa shape index (κ1) is 27.3. The first-order valence-electron chi connectivity index (χ1n) is 11.8. The monoisotopic (exact) mass is 545 g/mol. The molecule has 0 aromatic heterocycles. The molecule has 1 atom stereocenters. The molecule has 39 heavy (non-hydrogen) atoms. The van der Waals surface area contributed by atoms with Crippen molar-refractivity contribution in [3.63, 3.8) is 0 Å². The number of esters is 1. The van der Waals surface area contributed by atoms with E-state index in [4.69, 9.17) is 4.74 Å². The molecule has 0 saturated heterocycles. The summed E-state index contributed by atoms with van der Waals surface area (Å²) in [5.74, 6) is -0.809. The molecule has 198 valence electrons. The zero-order chi connectivity index (χ0) is 28.2. The zero-order valence-corrected chi connectivity index (χ0v) is 21.7. The van der Waals surface area contributed by atoms with Gasteiger partial charge in [0.2, 0.25) is 9.84 Å². The number of nitrogens with zero attached hydrogens (tertiary/aromatic N) is 2. The van der Waals surface area contributed by atoms with E-state index in [1.54, 1.807) is 36.4 Å². The second-order valence-corrected chi connectivity index (χ2v) is 10.5. The van der Waals surface area contributed by atoms with Crippen LogP contribution in [0.1, 0.15) is 29.7 Å². The molecule has 1 aliphatic heterocycles. The lowest BCUT2D eigenvalue weighted by atomic mass is 9.93. The summed E-state index contributed by atoms with van der Waals surface area (Å²) in [5.41, 5.74) is 0.932. The maximum atomic E-state index is 13.7. The number of benzene rings is 3. The fourth-order valence-electron chi connectivity index (χ4n) is 4.34. The predicted octanol–water partition coefficient (Wildman–Crippen LogP) is 5.13. The summed E-state index contributed by atoms with van der Waals surface area (Å²) < 4.78 is 46.1. The van der Waals surface area contributed by atoms with Crippen LogP contribution in [0.3, 0.4) is 0 Å². The standard InChI is InChI=1S/C29H24FN3O5S/c1-3-14-38-28(34)26-19(2)33(22-9-7-8-20(15-22)17-30)29(35)32-27(26)24-13-12-21(18-31)16-25(24)39(36,37)23-10-5-4-6-11-23/h3-13,15-16,27H,1,14,17H2,2H3,(H,32,35). The molecule has 0 bridgehead atoms. The molecule has 1 N–H and O–H groups in total. The lowest BCUT2D eigenvalue weighted by Gasteiger charge is -2.36. The molecule has 0 radical (unpaired) electrons. The van der Waals surface area contributed by atoms with E-state index in [0.717, 1.165) is 0 Å². The molecule has 0 saturated carbocycles. The summed E-state index contributed by atoms with van der Waals surface area (Å²) in [6.45, 7) is 4.19. The highest BCUT2D eigenvalue weighted by Gasteiger charge is 2.39. The van der Waals surface area contributed by atoms with Gasteiger partial charge in [0.1, 0.15) is 13.3 Å². The first-order valence-corrected chi connectivity index (χ1v) is 13.3. The number of nitrogens with one attached hydrogen (secondary N) is 1. The van der Waals surface area contributed by atoms with E-state index in [0.29, 0.717) is 11.3 Å². The van der Waals surface area contributed by atoms with Gasteiger partial charge in [0.15, 0.2) is 0 Å². The smallest absolute Gasteiger partial charge is 0.338 e. The minimum absolute atomic E-state index is 0.0235. The molecular weight excluding hydrogens is 521 g/mol. The van der Waals surface area contributed by atoms with E-state index >= 15 is 0 Å². The quantitative estimate of drug-likeness (QED) is 0.310. The van der Waals surface area contributed by atoms with E-state index < -0.39 is 34.6 Å². The fourth-order valence-corrected chi connectivity index (χ4v) is 5.89. The third kappa shape index (κ3) is 5.30. The van der Waals surface area contributed by atoms with Crippen LogP contribution < -0.4 is 10.2 Å². The van der Waals surface area contributed by atoms with Gasteiger partial charge in [-0.3, -0.25) is 4.90 Å². The molecule has 1 aliphatic rings. The van der Waals surface area contributed by atoms with Crippen molar-refractivity contribution < 1.29 is 27.1 Å². The SMILES string of the molecule is C=CCOC(=O)C1=C(C)N(c2cccc(CF)c2)C(=O)NC1c1ccc(C#N)cc1S(=O)(=O)c1ccccc1. The van der Waals surface area contributed by atoms with Gasteiger partial charge in [-0.25, -0.2) is 22.4 Å². The van der Waals surface area contributed by atoms with Crippen molar-refractivity contribution in [1.29, 1.82) is 5.26 Å². The van der Waals surface area contributed by atoms with Crippen LogP contribution in [0.4, 0.5) is 14.9 Å². The van der Waals surface area contributed by atoms with Gasteiger partial charge < -0.3 is 10.1 Å². The molecule has 3 aromatic rings. The Kier molecular flexibility index (Phi) is 7.93. The number of hydrogen-bond acceptors (Lipinski definition) is 6. The largest absolute Gasteiger partial charge is 0.458 e. The van der Waals surface area contributed by atoms with Gasteiger partial charge in [-0.2, -0.15) is 5.26 Å². The van der Waals surface area contributed by atoms with Crippen LogP contribution in [0.5, 0.6) is 0 Å². The number of anilines is 1. The van der Waals surface area contributed by atoms with Crippen molar-refractivity contribution in [2.75, 3.05) is 11.5 Å². The van der Waals surface area contributed by atoms with Gasteiger partial charge in [-0.1, -0.05) is 49.1 Å². The summed E-state index contributed by atoms with van der Waals surface area (Å²) in [7, 11) is -4.18. The summed E-state index contributed by atoms with van der Waals surface area (Å²) in [6, 6.07) is 17.9. The van der Waals surface area contributed by atoms with E-state index in [2.05, 4.69) is 11.9 Å². The molecule has 1 unspecified atom stereocenters. The highest BCUT2D eigenvalue weighted by Crippen LogP contribution is 2.38. The second-order valence-electron chi connectivity index (χ2n) is 8.59. The van der Waals surface area contributed by atoms with Crippen molar-refractivity contribution in [3.05, 3.63) is 113 Å². The van der Waals surface area contributed by atoms with Gasteiger partial charge in [-0.05, 0) is 54.4 Å². The molecule has 0 spiro atoms. The van der Waals surface area contributed by atoms with Crippen molar-refractivity contribution in [3.8, 4) is 6.07 Å². The Hall–Kier alpha value is -4.75. The summed E-state index contributed by atoms with van der Waals surface area (Å²) in [6.07, 6.45) is 1.37. The van der Waals surface area contributed by atoms with E-state index in [1.165, 1.54) is 54.3 Å².